The van der Waals surface area contributed by atoms with Crippen molar-refractivity contribution in [2.24, 2.45) is 14.1 Å². The number of aryl methyl sites for hydroxylation is 2. The summed E-state index contributed by atoms with van der Waals surface area (Å²) >= 11 is 0. The topological polar surface area (TPSA) is 72.9 Å². The molecule has 13 heavy (non-hydrogen) atoms. The van der Waals surface area contributed by atoms with Crippen LogP contribution in [0.5, 0.6) is 0 Å². The first-order chi connectivity index (χ1) is 6.09. The lowest BCUT2D eigenvalue weighted by molar-refractivity contribution is 0.0691. The lowest BCUT2D eigenvalue weighted by atomic mass is 10.4. The molecule has 0 aliphatic rings. The van der Waals surface area contributed by atoms with E-state index >= 15 is 0 Å². The van der Waals surface area contributed by atoms with Gasteiger partial charge in [0.2, 0.25) is 0 Å². The molecule has 0 saturated heterocycles. The molecular weight excluding hydrogens is 172 g/mol. The predicted molar refractivity (Wildman–Crippen MR) is 44.4 cm³/mol. The van der Waals surface area contributed by atoms with Gasteiger partial charge in [-0.15, -0.1) is 0 Å². The molecule has 6 heteroatoms. The van der Waals surface area contributed by atoms with Crippen molar-refractivity contribution in [1.29, 1.82) is 0 Å². The Bertz CT molecular complexity index is 482. The van der Waals surface area contributed by atoms with Crippen molar-refractivity contribution in [3.63, 3.8) is 0 Å². The molecule has 0 atom stereocenters. The average molecular weight is 180 g/mol. The van der Waals surface area contributed by atoms with Crippen molar-refractivity contribution in [1.82, 2.24) is 19.6 Å². The zero-order valence-corrected chi connectivity index (χ0v) is 7.22. The third-order valence-electron chi connectivity index (χ3n) is 1.83. The third-order valence-corrected chi connectivity index (χ3v) is 1.83. The molecular formula is C7H8N4O2. The first kappa shape index (κ1) is 7.78. The predicted octanol–water partition coefficient (Wildman–Crippen LogP) is 0.00500. The summed E-state index contributed by atoms with van der Waals surface area (Å²) in [6.07, 6.45) is 1.73. The lowest BCUT2D eigenvalue weighted by Crippen LogP contribution is -2.01. The zero-order valence-electron chi connectivity index (χ0n) is 7.22. The van der Waals surface area contributed by atoms with Crippen LogP contribution in [0, 0.1) is 0 Å². The van der Waals surface area contributed by atoms with E-state index in [1.54, 1.807) is 25.0 Å². The number of nitrogens with zero attached hydrogens (tertiary/aromatic N) is 4. The number of hydrogen-bond acceptors (Lipinski definition) is 3. The summed E-state index contributed by atoms with van der Waals surface area (Å²) in [5, 5.41) is 16.6. The second-order valence-electron chi connectivity index (χ2n) is 2.81. The number of fused-ring (bicyclic) bond motifs is 1. The number of carboxylic acid groups (broad SMARTS) is 1. The van der Waals surface area contributed by atoms with Crippen molar-refractivity contribution in [2.75, 3.05) is 0 Å². The third kappa shape index (κ3) is 0.986. The Morgan fingerprint density at radius 1 is 1.46 bits per heavy atom. The standard InChI is InChI=1S/C7H8N4O2/c1-10-3-4-5(8-10)6(7(12)13)9-11(4)2/h3H,1-2H3,(H,12,13). The lowest BCUT2D eigenvalue weighted by Gasteiger charge is -1.88. The van der Waals surface area contributed by atoms with Gasteiger partial charge in [0, 0.05) is 14.1 Å². The normalized spacial score (nSPS) is 10.9. The van der Waals surface area contributed by atoms with Gasteiger partial charge in [-0.05, 0) is 0 Å². The molecule has 2 aromatic rings. The summed E-state index contributed by atoms with van der Waals surface area (Å²) in [5.74, 6) is -1.05. The van der Waals surface area contributed by atoms with E-state index in [1.807, 2.05) is 0 Å². The van der Waals surface area contributed by atoms with Crippen molar-refractivity contribution < 1.29 is 9.90 Å². The largest absolute Gasteiger partial charge is 0.476 e. The molecule has 1 N–H and O–H groups in total. The second kappa shape index (κ2) is 2.32. The monoisotopic (exact) mass is 180 g/mol. The first-order valence-electron chi connectivity index (χ1n) is 3.69. The smallest absolute Gasteiger partial charge is 0.358 e. The summed E-state index contributed by atoms with van der Waals surface area (Å²) in [7, 11) is 3.43. The fourth-order valence-corrected chi connectivity index (χ4v) is 1.28. The number of aromatic carboxylic acids is 1. The van der Waals surface area contributed by atoms with E-state index in [0.717, 1.165) is 5.52 Å². The van der Waals surface area contributed by atoms with Gasteiger partial charge in [0.25, 0.3) is 0 Å². The van der Waals surface area contributed by atoms with E-state index in [1.165, 1.54) is 4.68 Å². The van der Waals surface area contributed by atoms with Gasteiger partial charge in [-0.3, -0.25) is 9.36 Å². The minimum absolute atomic E-state index is 0.00176. The number of hydrogen-bond donors (Lipinski definition) is 1. The van der Waals surface area contributed by atoms with Crippen molar-refractivity contribution in [2.45, 2.75) is 0 Å². The fourth-order valence-electron chi connectivity index (χ4n) is 1.28. The summed E-state index contributed by atoms with van der Waals surface area (Å²) in [5.41, 5.74) is 1.15. The molecule has 0 radical (unpaired) electrons. The molecule has 0 amide bonds. The van der Waals surface area contributed by atoms with Crippen LogP contribution in [0.4, 0.5) is 0 Å². The highest BCUT2D eigenvalue weighted by atomic mass is 16.4. The molecule has 0 unspecified atom stereocenters. The Labute approximate surface area is 73.4 Å². The van der Waals surface area contributed by atoms with Gasteiger partial charge in [-0.2, -0.15) is 10.2 Å². The number of aromatic nitrogens is 4. The van der Waals surface area contributed by atoms with Crippen LogP contribution in [0.25, 0.3) is 11.0 Å². The van der Waals surface area contributed by atoms with Crippen molar-refractivity contribution >= 4 is 17.0 Å². The molecule has 2 heterocycles. The van der Waals surface area contributed by atoms with Gasteiger partial charge in [-0.25, -0.2) is 4.79 Å². The molecule has 0 aliphatic carbocycles. The maximum absolute atomic E-state index is 10.7. The molecule has 2 rings (SSSR count). The van der Waals surface area contributed by atoms with Crippen molar-refractivity contribution in [3.05, 3.63) is 11.9 Å². The van der Waals surface area contributed by atoms with Crippen molar-refractivity contribution in [3.8, 4) is 0 Å². The highest BCUT2D eigenvalue weighted by Gasteiger charge is 2.17. The Morgan fingerprint density at radius 2 is 2.15 bits per heavy atom. The SMILES string of the molecule is Cn1cc2c(n1)c(C(=O)O)nn2C. The minimum atomic E-state index is -1.05. The van der Waals surface area contributed by atoms with E-state index in [9.17, 15) is 4.79 Å². The molecule has 0 aliphatic heterocycles. The van der Waals surface area contributed by atoms with Gasteiger partial charge in [-0.1, -0.05) is 0 Å². The molecule has 0 bridgehead atoms. The molecule has 68 valence electrons. The summed E-state index contributed by atoms with van der Waals surface area (Å²) in [6.45, 7) is 0. The van der Waals surface area contributed by atoms with Crippen LogP contribution in [-0.4, -0.2) is 30.6 Å². The molecule has 0 saturated carbocycles. The molecule has 6 nitrogen and oxygen atoms in total. The number of carboxylic acids is 1. The number of carbonyl (C=O) groups is 1. The molecule has 0 aromatic carbocycles. The van der Waals surface area contributed by atoms with Crippen LogP contribution in [0.3, 0.4) is 0 Å². The highest BCUT2D eigenvalue weighted by molar-refractivity contribution is 5.98. The summed E-state index contributed by atoms with van der Waals surface area (Å²) in [6, 6.07) is 0. The van der Waals surface area contributed by atoms with Gasteiger partial charge < -0.3 is 5.11 Å². The van der Waals surface area contributed by atoms with Gasteiger partial charge in [0.15, 0.2) is 5.69 Å². The summed E-state index contributed by atoms with van der Waals surface area (Å²) in [4.78, 5) is 10.7. The number of rotatable bonds is 1. The van der Waals surface area contributed by atoms with Gasteiger partial charge in [0.05, 0.1) is 6.20 Å². The molecule has 2 aromatic heterocycles. The van der Waals surface area contributed by atoms with E-state index in [-0.39, 0.29) is 5.69 Å². The van der Waals surface area contributed by atoms with E-state index in [0.29, 0.717) is 5.52 Å². The Hall–Kier alpha value is -1.85. The van der Waals surface area contributed by atoms with E-state index < -0.39 is 5.97 Å². The van der Waals surface area contributed by atoms with E-state index in [2.05, 4.69) is 10.2 Å². The van der Waals surface area contributed by atoms with Crippen LogP contribution in [0.2, 0.25) is 0 Å². The van der Waals surface area contributed by atoms with E-state index in [4.69, 9.17) is 5.11 Å². The van der Waals surface area contributed by atoms with Crippen LogP contribution in [0.15, 0.2) is 6.20 Å². The maximum atomic E-state index is 10.7. The van der Waals surface area contributed by atoms with Crippen LogP contribution >= 0.6 is 0 Å². The highest BCUT2D eigenvalue weighted by Crippen LogP contribution is 2.14. The maximum Gasteiger partial charge on any atom is 0.358 e. The quantitative estimate of drug-likeness (QED) is 0.670. The first-order valence-corrected chi connectivity index (χ1v) is 3.69. The Morgan fingerprint density at radius 3 is 2.77 bits per heavy atom. The van der Waals surface area contributed by atoms with Gasteiger partial charge in [0.1, 0.15) is 11.0 Å². The van der Waals surface area contributed by atoms with Crippen LogP contribution < -0.4 is 0 Å². The summed E-state index contributed by atoms with van der Waals surface area (Å²) < 4.78 is 3.07. The van der Waals surface area contributed by atoms with Crippen LogP contribution in [0.1, 0.15) is 10.5 Å². The second-order valence-corrected chi connectivity index (χ2v) is 2.81. The van der Waals surface area contributed by atoms with Gasteiger partial charge >= 0.3 is 5.97 Å². The Kier molecular flexibility index (Phi) is 1.39. The average Bonchev–Trinajstić information content (AvgIpc) is 2.51. The zero-order chi connectivity index (χ0) is 9.59. The molecule has 0 spiro atoms. The fraction of sp³-hybridized carbons (Fsp3) is 0.286. The Balaban J connectivity index is 2.83. The molecule has 0 fully saturated rings. The van der Waals surface area contributed by atoms with Crippen LogP contribution in [-0.2, 0) is 14.1 Å². The minimum Gasteiger partial charge on any atom is -0.476 e.